The van der Waals surface area contributed by atoms with E-state index in [0.717, 1.165) is 27.8 Å². The van der Waals surface area contributed by atoms with E-state index in [1.54, 1.807) is 36.7 Å². The van der Waals surface area contributed by atoms with Crippen LogP contribution in [-0.2, 0) is 9.59 Å². The van der Waals surface area contributed by atoms with Crippen LogP contribution in [0.4, 0.5) is 4.79 Å². The zero-order chi connectivity index (χ0) is 21.7. The average molecular weight is 444 g/mol. The third-order valence-electron chi connectivity index (χ3n) is 4.67. The van der Waals surface area contributed by atoms with Crippen molar-refractivity contribution in [2.45, 2.75) is 19.8 Å². The second-order valence-corrected chi connectivity index (χ2v) is 8.61. The van der Waals surface area contributed by atoms with Crippen LogP contribution in [0.2, 0.25) is 5.02 Å². The van der Waals surface area contributed by atoms with Crippen molar-refractivity contribution < 1.29 is 14.4 Å². The van der Waals surface area contributed by atoms with Gasteiger partial charge in [0.1, 0.15) is 0 Å². The second-order valence-electron chi connectivity index (χ2n) is 7.18. The van der Waals surface area contributed by atoms with Gasteiger partial charge in [-0.25, -0.2) is 0 Å². The lowest BCUT2D eigenvalue weighted by Crippen LogP contribution is -2.39. The molecule has 1 aliphatic heterocycles. The number of amides is 3. The molecule has 1 atom stereocenters. The van der Waals surface area contributed by atoms with Crippen molar-refractivity contribution >= 4 is 46.5 Å². The maximum absolute atomic E-state index is 12.8. The number of nitrogens with one attached hydrogen (secondary N) is 1. The Balaban J connectivity index is 1.60. The van der Waals surface area contributed by atoms with Gasteiger partial charge in [-0.3, -0.25) is 24.3 Å². The fourth-order valence-electron chi connectivity index (χ4n) is 3.22. The van der Waals surface area contributed by atoms with Gasteiger partial charge >= 0.3 is 0 Å². The topological polar surface area (TPSA) is 79.4 Å². The number of aromatic nitrogens is 1. The molecule has 3 rings (SSSR count). The van der Waals surface area contributed by atoms with E-state index in [1.165, 1.54) is 0 Å². The highest BCUT2D eigenvalue weighted by molar-refractivity contribution is 8.18. The second kappa shape index (κ2) is 9.91. The molecule has 1 aromatic carbocycles. The van der Waals surface area contributed by atoms with Crippen molar-refractivity contribution in [1.82, 2.24) is 15.2 Å². The summed E-state index contributed by atoms with van der Waals surface area (Å²) in [5.74, 6) is -0.778. The zero-order valence-corrected chi connectivity index (χ0v) is 18.2. The Labute approximate surface area is 184 Å². The molecular weight excluding hydrogens is 422 g/mol. The maximum atomic E-state index is 12.8. The van der Waals surface area contributed by atoms with Gasteiger partial charge in [-0.15, -0.1) is 0 Å². The largest absolute Gasteiger partial charge is 0.354 e. The van der Waals surface area contributed by atoms with Crippen molar-refractivity contribution in [2.75, 3.05) is 13.1 Å². The lowest BCUT2D eigenvalue weighted by molar-refractivity contribution is -0.125. The van der Waals surface area contributed by atoms with Gasteiger partial charge in [-0.05, 0) is 53.1 Å². The molecule has 3 amide bonds. The van der Waals surface area contributed by atoms with E-state index in [9.17, 15) is 14.4 Å². The summed E-state index contributed by atoms with van der Waals surface area (Å²) in [6, 6.07) is 10.8. The number of rotatable bonds is 7. The molecule has 8 heteroatoms. The monoisotopic (exact) mass is 443 g/mol. The number of imide groups is 1. The lowest BCUT2D eigenvalue weighted by atomic mass is 9.87. The first kappa shape index (κ1) is 22.1. The number of benzene rings is 1. The van der Waals surface area contributed by atoms with E-state index in [-0.39, 0.29) is 42.0 Å². The average Bonchev–Trinajstić information content (AvgIpc) is 2.97. The lowest BCUT2D eigenvalue weighted by Gasteiger charge is -2.21. The molecule has 2 heterocycles. The van der Waals surface area contributed by atoms with Gasteiger partial charge in [-0.2, -0.15) is 0 Å². The van der Waals surface area contributed by atoms with Gasteiger partial charge in [0, 0.05) is 30.5 Å². The van der Waals surface area contributed by atoms with Gasteiger partial charge in [0.15, 0.2) is 0 Å². The fourth-order valence-corrected chi connectivity index (χ4v) is 4.21. The molecule has 1 fully saturated rings. The number of carbonyl (C=O) groups is 3. The predicted octanol–water partition coefficient (Wildman–Crippen LogP) is 4.33. The molecule has 1 aliphatic rings. The summed E-state index contributed by atoms with van der Waals surface area (Å²) in [6.07, 6.45) is 4.91. The molecule has 0 bridgehead atoms. The summed E-state index contributed by atoms with van der Waals surface area (Å²) in [5, 5.41) is 3.12. The summed E-state index contributed by atoms with van der Waals surface area (Å²) in [4.78, 5) is 43.1. The first-order chi connectivity index (χ1) is 14.4. The predicted molar refractivity (Wildman–Crippen MR) is 119 cm³/mol. The number of hydrogen-bond donors (Lipinski definition) is 1. The van der Waals surface area contributed by atoms with Gasteiger partial charge in [0.25, 0.3) is 11.1 Å². The van der Waals surface area contributed by atoms with E-state index in [1.807, 2.05) is 32.0 Å². The smallest absolute Gasteiger partial charge is 0.293 e. The first-order valence-electron chi connectivity index (χ1n) is 9.55. The molecule has 2 aromatic rings. The number of carbonyl (C=O) groups excluding carboxylic acids is 3. The Morgan fingerprint density at radius 3 is 2.60 bits per heavy atom. The molecule has 0 saturated carbocycles. The zero-order valence-electron chi connectivity index (χ0n) is 16.7. The molecule has 1 saturated heterocycles. The molecule has 1 N–H and O–H groups in total. The molecule has 1 unspecified atom stereocenters. The standard InChI is InChI=1S/C22H22ClN3O3S/c1-14(2)19(16-5-7-17(23)8-6-16)20(27)25-10-11-26-21(28)18(30-22(26)29)12-15-4-3-9-24-13-15/h3-9,12-14,19H,10-11H2,1-2H3,(H,25,27)/b18-12-. The number of halogens is 1. The SMILES string of the molecule is CC(C)C(C(=O)NCCN1C(=O)S/C(=C\c2cccnc2)C1=O)c1ccc(Cl)cc1. The quantitative estimate of drug-likeness (QED) is 0.644. The number of hydrogen-bond acceptors (Lipinski definition) is 5. The molecule has 6 nitrogen and oxygen atoms in total. The van der Waals surface area contributed by atoms with Crippen LogP contribution < -0.4 is 5.32 Å². The van der Waals surface area contributed by atoms with Crippen LogP contribution >= 0.6 is 23.4 Å². The van der Waals surface area contributed by atoms with E-state index >= 15 is 0 Å². The summed E-state index contributed by atoms with van der Waals surface area (Å²) >= 11 is 6.83. The van der Waals surface area contributed by atoms with Crippen molar-refractivity contribution in [3.63, 3.8) is 0 Å². The van der Waals surface area contributed by atoms with Crippen molar-refractivity contribution in [1.29, 1.82) is 0 Å². The van der Waals surface area contributed by atoms with Crippen molar-refractivity contribution in [3.8, 4) is 0 Å². The number of pyridine rings is 1. The van der Waals surface area contributed by atoms with Crippen LogP contribution in [-0.4, -0.2) is 40.0 Å². The molecule has 0 spiro atoms. The van der Waals surface area contributed by atoms with Crippen molar-refractivity contribution in [3.05, 3.63) is 69.8 Å². The highest BCUT2D eigenvalue weighted by Crippen LogP contribution is 2.32. The minimum Gasteiger partial charge on any atom is -0.354 e. The van der Waals surface area contributed by atoms with Crippen LogP contribution in [0.1, 0.15) is 30.9 Å². The minimum absolute atomic E-state index is 0.0748. The van der Waals surface area contributed by atoms with E-state index in [0.29, 0.717) is 9.93 Å². The third kappa shape index (κ3) is 5.29. The molecule has 30 heavy (non-hydrogen) atoms. The normalized spacial score (nSPS) is 16.4. The number of nitrogens with zero attached hydrogens (tertiary/aromatic N) is 2. The van der Waals surface area contributed by atoms with Crippen LogP contribution in [0.15, 0.2) is 53.7 Å². The van der Waals surface area contributed by atoms with Crippen molar-refractivity contribution in [2.24, 2.45) is 5.92 Å². The Morgan fingerprint density at radius 2 is 1.97 bits per heavy atom. The Hall–Kier alpha value is -2.64. The summed E-state index contributed by atoms with van der Waals surface area (Å²) < 4.78 is 0. The number of thioether (sulfide) groups is 1. The minimum atomic E-state index is -0.360. The summed E-state index contributed by atoms with van der Waals surface area (Å²) in [7, 11) is 0. The Bertz CT molecular complexity index is 961. The highest BCUT2D eigenvalue weighted by Gasteiger charge is 2.35. The van der Waals surface area contributed by atoms with Crippen LogP contribution in [0, 0.1) is 5.92 Å². The van der Waals surface area contributed by atoms with Crippen LogP contribution in [0.3, 0.4) is 0 Å². The van der Waals surface area contributed by atoms with Gasteiger partial charge in [0.2, 0.25) is 5.91 Å². The Morgan fingerprint density at radius 1 is 1.23 bits per heavy atom. The van der Waals surface area contributed by atoms with E-state index < -0.39 is 0 Å². The molecule has 0 aliphatic carbocycles. The van der Waals surface area contributed by atoms with E-state index in [4.69, 9.17) is 11.6 Å². The molecular formula is C22H22ClN3O3S. The van der Waals surface area contributed by atoms with Crippen LogP contribution in [0.25, 0.3) is 6.08 Å². The first-order valence-corrected chi connectivity index (χ1v) is 10.7. The molecule has 156 valence electrons. The van der Waals surface area contributed by atoms with E-state index in [2.05, 4.69) is 10.3 Å². The third-order valence-corrected chi connectivity index (χ3v) is 5.83. The fraction of sp³-hybridized carbons (Fsp3) is 0.273. The van der Waals surface area contributed by atoms with Gasteiger partial charge in [-0.1, -0.05) is 43.6 Å². The molecule has 1 aromatic heterocycles. The maximum Gasteiger partial charge on any atom is 0.293 e. The van der Waals surface area contributed by atoms with Gasteiger partial charge in [0.05, 0.1) is 10.8 Å². The highest BCUT2D eigenvalue weighted by atomic mass is 35.5. The van der Waals surface area contributed by atoms with Gasteiger partial charge < -0.3 is 5.32 Å². The Kier molecular flexibility index (Phi) is 7.29. The van der Waals surface area contributed by atoms with Crippen LogP contribution in [0.5, 0.6) is 0 Å². The summed E-state index contributed by atoms with van der Waals surface area (Å²) in [6.45, 7) is 4.25. The molecule has 0 radical (unpaired) electrons. The summed E-state index contributed by atoms with van der Waals surface area (Å²) in [5.41, 5.74) is 1.62.